The van der Waals surface area contributed by atoms with E-state index in [4.69, 9.17) is 23.3 Å². The lowest BCUT2D eigenvalue weighted by molar-refractivity contribution is -0.150. The molecule has 11 heteroatoms. The average Bonchev–Trinajstić information content (AvgIpc) is 2.94. The second-order valence-corrected chi connectivity index (χ2v) is 8.21. The standard InChI is InChI=1S/C17H22NO9P/c1-11(19)26-15-13(10-28(22,23-2)24-3)27-16(20)14(15)18-17(21)25-9-12-7-5-4-6-8-12/h4-8,13-15H,9-10H2,1-3H3,(H,18,21)/t13-,14-,15-/m1/s1. The van der Waals surface area contributed by atoms with Crippen molar-refractivity contribution < 1.29 is 42.2 Å². The summed E-state index contributed by atoms with van der Waals surface area (Å²) in [6, 6.07) is 7.61. The van der Waals surface area contributed by atoms with Gasteiger partial charge in [-0.05, 0) is 5.56 Å². The van der Waals surface area contributed by atoms with Crippen LogP contribution in [-0.4, -0.2) is 56.7 Å². The Hall–Kier alpha value is -2.42. The fourth-order valence-electron chi connectivity index (χ4n) is 2.59. The summed E-state index contributed by atoms with van der Waals surface area (Å²) in [6.07, 6.45) is -3.58. The summed E-state index contributed by atoms with van der Waals surface area (Å²) >= 11 is 0. The number of ether oxygens (including phenoxy) is 3. The van der Waals surface area contributed by atoms with Gasteiger partial charge in [0.2, 0.25) is 0 Å². The highest BCUT2D eigenvalue weighted by atomic mass is 31.2. The lowest BCUT2D eigenvalue weighted by atomic mass is 10.1. The lowest BCUT2D eigenvalue weighted by Crippen LogP contribution is -2.48. The number of carbonyl (C=O) groups is 3. The van der Waals surface area contributed by atoms with Gasteiger partial charge in [0.05, 0.1) is 6.16 Å². The van der Waals surface area contributed by atoms with Gasteiger partial charge in [0, 0.05) is 21.1 Å². The van der Waals surface area contributed by atoms with Crippen molar-refractivity contribution in [1.82, 2.24) is 5.32 Å². The third-order valence-corrected chi connectivity index (χ3v) is 5.88. The van der Waals surface area contributed by atoms with Crippen LogP contribution in [0.5, 0.6) is 0 Å². The molecular weight excluding hydrogens is 393 g/mol. The smallest absolute Gasteiger partial charge is 0.408 e. The summed E-state index contributed by atoms with van der Waals surface area (Å²) < 4.78 is 37.3. The van der Waals surface area contributed by atoms with Gasteiger partial charge in [-0.3, -0.25) is 9.36 Å². The van der Waals surface area contributed by atoms with E-state index in [1.807, 2.05) is 6.07 Å². The molecule has 0 aliphatic carbocycles. The molecule has 0 radical (unpaired) electrons. The highest BCUT2D eigenvalue weighted by Gasteiger charge is 2.51. The van der Waals surface area contributed by atoms with Gasteiger partial charge < -0.3 is 28.6 Å². The monoisotopic (exact) mass is 415 g/mol. The molecule has 0 bridgehead atoms. The Labute approximate surface area is 162 Å². The molecule has 1 aromatic carbocycles. The molecule has 10 nitrogen and oxygen atoms in total. The molecule has 154 valence electrons. The van der Waals surface area contributed by atoms with Crippen molar-refractivity contribution in [3.63, 3.8) is 0 Å². The van der Waals surface area contributed by atoms with Gasteiger partial charge in [0.15, 0.2) is 18.2 Å². The summed E-state index contributed by atoms with van der Waals surface area (Å²) in [5, 5.41) is 2.32. The number of nitrogens with one attached hydrogen (secondary N) is 1. The number of cyclic esters (lactones) is 1. The van der Waals surface area contributed by atoms with E-state index in [-0.39, 0.29) is 12.8 Å². The van der Waals surface area contributed by atoms with E-state index < -0.39 is 43.9 Å². The van der Waals surface area contributed by atoms with Gasteiger partial charge in [-0.25, -0.2) is 9.59 Å². The van der Waals surface area contributed by atoms with Gasteiger partial charge in [-0.2, -0.15) is 0 Å². The van der Waals surface area contributed by atoms with Crippen LogP contribution >= 0.6 is 7.60 Å². The zero-order valence-electron chi connectivity index (χ0n) is 15.7. The van der Waals surface area contributed by atoms with Crippen LogP contribution in [0.2, 0.25) is 0 Å². The quantitative estimate of drug-likeness (QED) is 0.383. The average molecular weight is 415 g/mol. The topological polar surface area (TPSA) is 126 Å². The number of rotatable bonds is 8. The number of benzene rings is 1. The van der Waals surface area contributed by atoms with Crippen LogP contribution in [0, 0.1) is 0 Å². The molecule has 2 rings (SSSR count). The molecule has 1 saturated heterocycles. The maximum Gasteiger partial charge on any atom is 0.408 e. The van der Waals surface area contributed by atoms with Crippen LogP contribution in [0.25, 0.3) is 0 Å². The third kappa shape index (κ3) is 5.79. The van der Waals surface area contributed by atoms with Crippen molar-refractivity contribution in [3.8, 4) is 0 Å². The molecule has 1 amide bonds. The molecular formula is C17H22NO9P. The number of amides is 1. The molecule has 1 fully saturated rings. The molecule has 28 heavy (non-hydrogen) atoms. The van der Waals surface area contributed by atoms with E-state index in [2.05, 4.69) is 5.32 Å². The zero-order chi connectivity index (χ0) is 20.7. The minimum atomic E-state index is -3.56. The Kier molecular flexibility index (Phi) is 7.56. The number of hydrogen-bond donors (Lipinski definition) is 1. The Balaban J connectivity index is 2.05. The van der Waals surface area contributed by atoms with Crippen LogP contribution in [0.3, 0.4) is 0 Å². The van der Waals surface area contributed by atoms with Crippen LogP contribution in [0.15, 0.2) is 30.3 Å². The third-order valence-electron chi connectivity index (χ3n) is 3.96. The summed E-state index contributed by atoms with van der Waals surface area (Å²) in [5.74, 6) is -1.56. The van der Waals surface area contributed by atoms with Crippen molar-refractivity contribution in [2.45, 2.75) is 31.8 Å². The van der Waals surface area contributed by atoms with Gasteiger partial charge >= 0.3 is 25.6 Å². The van der Waals surface area contributed by atoms with Crippen molar-refractivity contribution in [2.75, 3.05) is 20.4 Å². The summed E-state index contributed by atoms with van der Waals surface area (Å²) in [5.41, 5.74) is 0.752. The van der Waals surface area contributed by atoms with Crippen LogP contribution < -0.4 is 5.32 Å². The molecule has 1 heterocycles. The van der Waals surface area contributed by atoms with Crippen molar-refractivity contribution in [3.05, 3.63) is 35.9 Å². The fraction of sp³-hybridized carbons (Fsp3) is 0.471. The van der Waals surface area contributed by atoms with Gasteiger partial charge in [0.1, 0.15) is 6.61 Å². The van der Waals surface area contributed by atoms with Gasteiger partial charge in [-0.1, -0.05) is 30.3 Å². The largest absolute Gasteiger partial charge is 0.456 e. The predicted octanol–water partition coefficient (Wildman–Crippen LogP) is 1.62. The first-order chi connectivity index (χ1) is 13.3. The van der Waals surface area contributed by atoms with E-state index in [0.29, 0.717) is 0 Å². The van der Waals surface area contributed by atoms with Crippen LogP contribution in [-0.2, 0) is 44.0 Å². The number of carbonyl (C=O) groups excluding carboxylic acids is 3. The highest BCUT2D eigenvalue weighted by Crippen LogP contribution is 2.48. The van der Waals surface area contributed by atoms with Crippen LogP contribution in [0.1, 0.15) is 12.5 Å². The minimum Gasteiger partial charge on any atom is -0.456 e. The van der Waals surface area contributed by atoms with E-state index >= 15 is 0 Å². The molecule has 1 aliphatic heterocycles. The van der Waals surface area contributed by atoms with Crippen LogP contribution in [0.4, 0.5) is 4.79 Å². The molecule has 0 saturated carbocycles. The van der Waals surface area contributed by atoms with E-state index in [9.17, 15) is 18.9 Å². The Morgan fingerprint density at radius 1 is 1.18 bits per heavy atom. The minimum absolute atomic E-state index is 0.0152. The second-order valence-electron chi connectivity index (χ2n) is 5.89. The zero-order valence-corrected chi connectivity index (χ0v) is 16.5. The van der Waals surface area contributed by atoms with E-state index in [0.717, 1.165) is 12.5 Å². The maximum atomic E-state index is 12.3. The fourth-order valence-corrected chi connectivity index (χ4v) is 3.76. The first kappa shape index (κ1) is 21.9. The Morgan fingerprint density at radius 3 is 2.39 bits per heavy atom. The molecule has 3 atom stereocenters. The van der Waals surface area contributed by atoms with Crippen molar-refractivity contribution in [1.29, 1.82) is 0 Å². The number of alkyl carbamates (subject to hydrolysis) is 1. The first-order valence-electron chi connectivity index (χ1n) is 8.33. The Morgan fingerprint density at radius 2 is 1.82 bits per heavy atom. The van der Waals surface area contributed by atoms with E-state index in [1.54, 1.807) is 24.3 Å². The van der Waals surface area contributed by atoms with Gasteiger partial charge in [0.25, 0.3) is 0 Å². The van der Waals surface area contributed by atoms with Crippen molar-refractivity contribution in [2.24, 2.45) is 0 Å². The number of esters is 2. The molecule has 0 spiro atoms. The summed E-state index contributed by atoms with van der Waals surface area (Å²) in [6.45, 7) is 1.12. The summed E-state index contributed by atoms with van der Waals surface area (Å²) in [4.78, 5) is 35.7. The SMILES string of the molecule is COP(=O)(C[C@H]1OC(=O)[C@H](NC(=O)OCc2ccccc2)[C@@H]1OC(C)=O)OC. The van der Waals surface area contributed by atoms with Crippen molar-refractivity contribution >= 4 is 25.6 Å². The summed E-state index contributed by atoms with van der Waals surface area (Å²) in [7, 11) is -1.21. The molecule has 0 aromatic heterocycles. The highest BCUT2D eigenvalue weighted by molar-refractivity contribution is 7.53. The lowest BCUT2D eigenvalue weighted by Gasteiger charge is -2.23. The number of hydrogen-bond acceptors (Lipinski definition) is 9. The van der Waals surface area contributed by atoms with E-state index in [1.165, 1.54) is 14.2 Å². The molecule has 1 aliphatic rings. The van der Waals surface area contributed by atoms with Gasteiger partial charge in [-0.15, -0.1) is 0 Å². The maximum absolute atomic E-state index is 12.3. The molecule has 1 aromatic rings. The first-order valence-corrected chi connectivity index (χ1v) is 10.1. The molecule has 1 N–H and O–H groups in total. The predicted molar refractivity (Wildman–Crippen MR) is 95.5 cm³/mol. The Bertz CT molecular complexity index is 746. The second kappa shape index (κ2) is 9.68. The molecule has 0 unspecified atom stereocenters. The normalized spacial score (nSPS) is 21.7.